The number of carbonyl (C=O) groups excluding carboxylic acids is 3. The Balaban J connectivity index is 1.16. The lowest BCUT2D eigenvalue weighted by Crippen LogP contribution is -2.37. The summed E-state index contributed by atoms with van der Waals surface area (Å²) in [5.74, 6) is 1.15. The van der Waals surface area contributed by atoms with E-state index in [1.165, 1.54) is 0 Å². The molecular formula is C35H50N6O4. The van der Waals surface area contributed by atoms with Gasteiger partial charge < -0.3 is 25.2 Å². The second-order valence-electron chi connectivity index (χ2n) is 13.4. The molecule has 2 aliphatic heterocycles. The number of likely N-dealkylation sites (tertiary alicyclic amines) is 2. The molecule has 2 aromatic rings. The molecule has 0 radical (unpaired) electrons. The highest BCUT2D eigenvalue weighted by Gasteiger charge is 2.42. The number of fused-ring (bicyclic) bond motifs is 1. The number of hydrogen-bond acceptors (Lipinski definition) is 8. The Bertz CT molecular complexity index is 1310. The molecule has 2 amide bonds. The van der Waals surface area contributed by atoms with Gasteiger partial charge in [-0.15, -0.1) is 0 Å². The average molecular weight is 619 g/mol. The highest BCUT2D eigenvalue weighted by Crippen LogP contribution is 2.33. The summed E-state index contributed by atoms with van der Waals surface area (Å²) in [5, 5.41) is 6.50. The predicted molar refractivity (Wildman–Crippen MR) is 174 cm³/mol. The molecule has 1 aromatic heterocycles. The van der Waals surface area contributed by atoms with E-state index in [-0.39, 0.29) is 35.7 Å². The second kappa shape index (κ2) is 14.7. The summed E-state index contributed by atoms with van der Waals surface area (Å²) in [7, 11) is 0. The molecular weight excluding hydrogens is 568 g/mol. The van der Waals surface area contributed by atoms with Crippen molar-refractivity contribution in [3.05, 3.63) is 52.8 Å². The first-order chi connectivity index (χ1) is 21.6. The zero-order valence-corrected chi connectivity index (χ0v) is 27.6. The largest absolute Gasteiger partial charge is 0.464 e. The van der Waals surface area contributed by atoms with Gasteiger partial charge >= 0.3 is 5.97 Å². The van der Waals surface area contributed by atoms with Gasteiger partial charge in [0.2, 0.25) is 11.9 Å². The van der Waals surface area contributed by atoms with E-state index in [2.05, 4.69) is 37.6 Å². The van der Waals surface area contributed by atoms with E-state index in [9.17, 15) is 14.4 Å². The van der Waals surface area contributed by atoms with Crippen molar-refractivity contribution >= 4 is 23.7 Å². The lowest BCUT2D eigenvalue weighted by Gasteiger charge is -2.26. The lowest BCUT2D eigenvalue weighted by atomic mass is 10.0. The molecule has 1 saturated carbocycles. The minimum Gasteiger partial charge on any atom is -0.464 e. The third kappa shape index (κ3) is 7.83. The van der Waals surface area contributed by atoms with Crippen molar-refractivity contribution < 1.29 is 19.1 Å². The number of amides is 2. The molecule has 10 nitrogen and oxygen atoms in total. The fourth-order valence-corrected chi connectivity index (χ4v) is 7.35. The molecule has 3 fully saturated rings. The first-order valence-corrected chi connectivity index (χ1v) is 16.8. The van der Waals surface area contributed by atoms with Gasteiger partial charge in [-0.2, -0.15) is 0 Å². The summed E-state index contributed by atoms with van der Waals surface area (Å²) >= 11 is 0. The van der Waals surface area contributed by atoms with Crippen LogP contribution in [0.3, 0.4) is 0 Å². The molecule has 1 aromatic carbocycles. The zero-order chi connectivity index (χ0) is 32.1. The van der Waals surface area contributed by atoms with Crippen LogP contribution in [-0.2, 0) is 14.3 Å². The van der Waals surface area contributed by atoms with Crippen molar-refractivity contribution in [2.24, 2.45) is 23.7 Å². The molecule has 244 valence electrons. The topological polar surface area (TPSA) is 117 Å². The number of ether oxygens (including phenoxy) is 1. The lowest BCUT2D eigenvalue weighted by molar-refractivity contribution is -0.145. The second-order valence-corrected chi connectivity index (χ2v) is 13.4. The maximum atomic E-state index is 13.7. The summed E-state index contributed by atoms with van der Waals surface area (Å²) in [6, 6.07) is 9.76. The molecule has 2 unspecified atom stereocenters. The number of carbonyl (C=O) groups is 3. The minimum absolute atomic E-state index is 0.00865. The Labute approximate surface area is 267 Å². The van der Waals surface area contributed by atoms with Crippen molar-refractivity contribution in [3.63, 3.8) is 0 Å². The number of rotatable bonds is 12. The van der Waals surface area contributed by atoms with Gasteiger partial charge in [0.1, 0.15) is 6.04 Å². The van der Waals surface area contributed by atoms with Crippen LogP contribution in [0.1, 0.15) is 86.2 Å². The maximum absolute atomic E-state index is 13.7. The van der Waals surface area contributed by atoms with E-state index in [4.69, 9.17) is 4.74 Å². The van der Waals surface area contributed by atoms with Gasteiger partial charge in [-0.1, -0.05) is 57.0 Å². The quantitative estimate of drug-likeness (QED) is 0.333. The van der Waals surface area contributed by atoms with Crippen LogP contribution in [0.2, 0.25) is 0 Å². The zero-order valence-electron chi connectivity index (χ0n) is 27.6. The van der Waals surface area contributed by atoms with Gasteiger partial charge in [0.25, 0.3) is 5.91 Å². The summed E-state index contributed by atoms with van der Waals surface area (Å²) in [6.07, 6.45) is 5.16. The van der Waals surface area contributed by atoms with Crippen LogP contribution in [0.15, 0.2) is 30.3 Å². The van der Waals surface area contributed by atoms with Crippen molar-refractivity contribution in [2.45, 2.75) is 78.8 Å². The highest BCUT2D eigenvalue weighted by molar-refractivity contribution is 5.96. The smallest absolute Gasteiger partial charge is 0.328 e. The van der Waals surface area contributed by atoms with Crippen LogP contribution in [0.5, 0.6) is 0 Å². The fourth-order valence-electron chi connectivity index (χ4n) is 7.35. The molecule has 10 heteroatoms. The van der Waals surface area contributed by atoms with Crippen LogP contribution >= 0.6 is 0 Å². The van der Waals surface area contributed by atoms with Crippen LogP contribution in [0.25, 0.3) is 0 Å². The van der Waals surface area contributed by atoms with Crippen LogP contribution in [-0.4, -0.2) is 82.9 Å². The highest BCUT2D eigenvalue weighted by atomic mass is 16.5. The van der Waals surface area contributed by atoms with E-state index in [0.717, 1.165) is 70.4 Å². The minimum atomic E-state index is -0.572. The van der Waals surface area contributed by atoms with Crippen molar-refractivity contribution in [3.8, 4) is 0 Å². The van der Waals surface area contributed by atoms with Crippen LogP contribution in [0.4, 0.5) is 5.95 Å². The number of benzene rings is 1. The molecule has 3 aliphatic rings. The van der Waals surface area contributed by atoms with Gasteiger partial charge in [-0.05, 0) is 63.4 Å². The molecule has 2 N–H and O–H groups in total. The first kappa shape index (κ1) is 32.9. The number of esters is 1. The van der Waals surface area contributed by atoms with Gasteiger partial charge in [-0.3, -0.25) is 9.59 Å². The summed E-state index contributed by atoms with van der Waals surface area (Å²) < 4.78 is 5.21. The summed E-state index contributed by atoms with van der Waals surface area (Å²) in [4.78, 5) is 52.8. The Hall–Kier alpha value is -3.53. The van der Waals surface area contributed by atoms with Crippen LogP contribution < -0.4 is 10.6 Å². The summed E-state index contributed by atoms with van der Waals surface area (Å²) in [5.41, 5.74) is 2.91. The monoisotopic (exact) mass is 618 g/mol. The molecule has 45 heavy (non-hydrogen) atoms. The van der Waals surface area contributed by atoms with Crippen molar-refractivity contribution in [2.75, 3.05) is 44.6 Å². The van der Waals surface area contributed by atoms with E-state index in [1.54, 1.807) is 6.92 Å². The van der Waals surface area contributed by atoms with Gasteiger partial charge in [0.05, 0.1) is 29.6 Å². The third-order valence-electron chi connectivity index (χ3n) is 9.80. The fraction of sp³-hybridized carbons (Fsp3) is 0.629. The Morgan fingerprint density at radius 3 is 2.16 bits per heavy atom. The number of hydrogen-bond donors (Lipinski definition) is 2. The van der Waals surface area contributed by atoms with Crippen molar-refractivity contribution in [1.29, 1.82) is 0 Å². The average Bonchev–Trinajstić information content (AvgIpc) is 3.76. The SMILES string of the molecule is CCOC(=O)[C@@H](Nc1nc(C)c(C(=O)N2CC3CN(CC[C@H](NC(=O)C4CCCC4)c4ccccc4)CC3C2)c(C)n1)C(C)C. The standard InChI is InChI=1S/C35H50N6O4/c1-6-45-34(44)31(22(2)3)39-35-36-23(4)30(24(5)37-35)33(43)41-20-27-18-40(19-28(27)21-41)17-16-29(25-12-8-7-9-13-25)38-32(42)26-14-10-11-15-26/h7-9,12-13,22,26-29,31H,6,10-11,14-21H2,1-5H3,(H,38,42)(H,36,37,39)/t27?,28?,29-,31-/m0/s1. The number of anilines is 1. The Morgan fingerprint density at radius 2 is 1.58 bits per heavy atom. The van der Waals surface area contributed by atoms with E-state index < -0.39 is 6.04 Å². The molecule has 1 aliphatic carbocycles. The predicted octanol–water partition coefficient (Wildman–Crippen LogP) is 4.53. The molecule has 0 bridgehead atoms. The molecule has 3 heterocycles. The van der Waals surface area contributed by atoms with E-state index >= 15 is 0 Å². The molecule has 0 spiro atoms. The number of nitrogens with one attached hydrogen (secondary N) is 2. The number of nitrogens with zero attached hydrogens (tertiary/aromatic N) is 4. The number of aromatic nitrogens is 2. The molecule has 4 atom stereocenters. The molecule has 5 rings (SSSR count). The first-order valence-electron chi connectivity index (χ1n) is 16.8. The van der Waals surface area contributed by atoms with Gasteiger partial charge in [0, 0.05) is 38.6 Å². The van der Waals surface area contributed by atoms with E-state index in [0.29, 0.717) is 41.3 Å². The normalized spacial score (nSPS) is 21.5. The Morgan fingerprint density at radius 1 is 0.956 bits per heavy atom. The number of aryl methyl sites for hydroxylation is 2. The van der Waals surface area contributed by atoms with Crippen LogP contribution in [0, 0.1) is 37.5 Å². The van der Waals surface area contributed by atoms with Gasteiger partial charge in [-0.25, -0.2) is 14.8 Å². The Kier molecular flexibility index (Phi) is 10.7. The van der Waals surface area contributed by atoms with Crippen molar-refractivity contribution in [1.82, 2.24) is 25.1 Å². The summed E-state index contributed by atoms with van der Waals surface area (Å²) in [6.45, 7) is 13.9. The van der Waals surface area contributed by atoms with E-state index in [1.807, 2.05) is 50.8 Å². The third-order valence-corrected chi connectivity index (χ3v) is 9.80. The molecule has 2 saturated heterocycles. The van der Waals surface area contributed by atoms with Gasteiger partial charge in [0.15, 0.2) is 0 Å². The maximum Gasteiger partial charge on any atom is 0.328 e.